The van der Waals surface area contributed by atoms with E-state index in [4.69, 9.17) is 4.74 Å². The lowest BCUT2D eigenvalue weighted by Gasteiger charge is -2.16. The molecule has 0 atom stereocenters. The Kier molecular flexibility index (Phi) is 3.56. The lowest BCUT2D eigenvalue weighted by Crippen LogP contribution is -2.25. The van der Waals surface area contributed by atoms with Gasteiger partial charge in [0.15, 0.2) is 5.78 Å². The maximum atomic E-state index is 11.6. The maximum Gasteiger partial charge on any atom is 0.316 e. The zero-order chi connectivity index (χ0) is 13.2. The van der Waals surface area contributed by atoms with Gasteiger partial charge in [-0.25, -0.2) is 0 Å². The van der Waals surface area contributed by atoms with Gasteiger partial charge in [0.25, 0.3) is 0 Å². The van der Waals surface area contributed by atoms with Gasteiger partial charge in [0, 0.05) is 0 Å². The first-order valence-corrected chi connectivity index (χ1v) is 5.28. The highest BCUT2D eigenvalue weighted by Gasteiger charge is 2.24. The average Bonchev–Trinajstić information content (AvgIpc) is 2.19. The number of Topliss-reactive ketones (excluding diaryl/α,β-unsaturated/α-hetero) is 1. The number of hydrogen-bond acceptors (Lipinski definition) is 4. The number of benzene rings is 1. The summed E-state index contributed by atoms with van der Waals surface area (Å²) in [5, 5.41) is 9.44. The first-order valence-electron chi connectivity index (χ1n) is 5.28. The fourth-order valence-corrected chi connectivity index (χ4v) is 1.12. The van der Waals surface area contributed by atoms with Crippen LogP contribution in [0.2, 0.25) is 0 Å². The molecule has 0 radical (unpaired) electrons. The summed E-state index contributed by atoms with van der Waals surface area (Å²) in [6.07, 6.45) is 0. The second kappa shape index (κ2) is 4.57. The van der Waals surface area contributed by atoms with Gasteiger partial charge in [0.1, 0.15) is 11.5 Å². The van der Waals surface area contributed by atoms with Gasteiger partial charge >= 0.3 is 5.97 Å². The fraction of sp³-hybridized carbons (Fsp3) is 0.385. The summed E-state index contributed by atoms with van der Waals surface area (Å²) in [6.45, 7) is 6.55. The van der Waals surface area contributed by atoms with Crippen molar-refractivity contribution in [3.8, 4) is 11.5 Å². The lowest BCUT2D eigenvalue weighted by molar-refractivity contribution is -0.143. The van der Waals surface area contributed by atoms with Gasteiger partial charge in [-0.05, 0) is 45.9 Å². The SMILES string of the molecule is CC(=O)c1cc(OC(=O)C(C)(C)C)ccc1O. The molecule has 0 bridgehead atoms. The van der Waals surface area contributed by atoms with Crippen molar-refractivity contribution in [3.63, 3.8) is 0 Å². The molecule has 0 aliphatic rings. The van der Waals surface area contributed by atoms with Crippen LogP contribution in [0.15, 0.2) is 18.2 Å². The zero-order valence-corrected chi connectivity index (χ0v) is 10.4. The number of ketones is 1. The van der Waals surface area contributed by atoms with Crippen LogP contribution in [0.3, 0.4) is 0 Å². The van der Waals surface area contributed by atoms with Crippen LogP contribution in [0.4, 0.5) is 0 Å². The molecule has 0 aromatic heterocycles. The highest BCUT2D eigenvalue weighted by Crippen LogP contribution is 2.25. The van der Waals surface area contributed by atoms with E-state index in [9.17, 15) is 14.7 Å². The van der Waals surface area contributed by atoms with Crippen molar-refractivity contribution in [2.24, 2.45) is 5.41 Å². The molecule has 4 nitrogen and oxygen atoms in total. The quantitative estimate of drug-likeness (QED) is 0.487. The van der Waals surface area contributed by atoms with Crippen LogP contribution in [0.25, 0.3) is 0 Å². The standard InChI is InChI=1S/C13H16O4/c1-8(14)10-7-9(5-6-11(10)15)17-12(16)13(2,3)4/h5-7,15H,1-4H3. The normalized spacial score (nSPS) is 11.1. The van der Waals surface area contributed by atoms with Gasteiger partial charge in [0.2, 0.25) is 0 Å². The van der Waals surface area contributed by atoms with Gasteiger partial charge in [-0.15, -0.1) is 0 Å². The number of carbonyl (C=O) groups excluding carboxylic acids is 2. The number of esters is 1. The van der Waals surface area contributed by atoms with Crippen molar-refractivity contribution in [3.05, 3.63) is 23.8 Å². The fourth-order valence-electron chi connectivity index (χ4n) is 1.12. The first-order chi connectivity index (χ1) is 7.71. The molecule has 0 aliphatic heterocycles. The van der Waals surface area contributed by atoms with Crippen LogP contribution in [-0.4, -0.2) is 16.9 Å². The van der Waals surface area contributed by atoms with Crippen LogP contribution in [-0.2, 0) is 4.79 Å². The van der Waals surface area contributed by atoms with Crippen LogP contribution in [0.5, 0.6) is 11.5 Å². The number of aromatic hydroxyl groups is 1. The Morgan fingerprint density at radius 1 is 1.24 bits per heavy atom. The summed E-state index contributed by atoms with van der Waals surface area (Å²) in [6, 6.07) is 4.15. The van der Waals surface area contributed by atoms with Crippen LogP contribution in [0.1, 0.15) is 38.1 Å². The molecule has 1 rings (SSSR count). The molecule has 1 aromatic carbocycles. The Morgan fingerprint density at radius 3 is 2.29 bits per heavy atom. The van der Waals surface area contributed by atoms with E-state index < -0.39 is 11.4 Å². The van der Waals surface area contributed by atoms with E-state index in [1.165, 1.54) is 25.1 Å². The number of rotatable bonds is 2. The Morgan fingerprint density at radius 2 is 1.82 bits per heavy atom. The Balaban J connectivity index is 2.98. The van der Waals surface area contributed by atoms with E-state index in [0.717, 1.165) is 0 Å². The van der Waals surface area contributed by atoms with Crippen molar-refractivity contribution < 1.29 is 19.4 Å². The second-order valence-electron chi connectivity index (χ2n) is 4.87. The third-order valence-electron chi connectivity index (χ3n) is 2.17. The molecule has 0 saturated carbocycles. The van der Waals surface area contributed by atoms with E-state index >= 15 is 0 Å². The van der Waals surface area contributed by atoms with Gasteiger partial charge in [-0.1, -0.05) is 0 Å². The van der Waals surface area contributed by atoms with Crippen LogP contribution < -0.4 is 4.74 Å². The summed E-state index contributed by atoms with van der Waals surface area (Å²) >= 11 is 0. The Bertz CT molecular complexity index is 455. The summed E-state index contributed by atoms with van der Waals surface area (Å²) < 4.78 is 5.12. The molecule has 0 unspecified atom stereocenters. The van der Waals surface area contributed by atoms with Crippen molar-refractivity contribution >= 4 is 11.8 Å². The Labute approximate surface area is 100 Å². The molecule has 1 N–H and O–H groups in total. The van der Waals surface area contributed by atoms with Crippen molar-refractivity contribution in [2.75, 3.05) is 0 Å². The molecule has 0 aliphatic carbocycles. The molecule has 17 heavy (non-hydrogen) atoms. The maximum absolute atomic E-state index is 11.6. The molecule has 0 amide bonds. The third kappa shape index (κ3) is 3.31. The van der Waals surface area contributed by atoms with E-state index in [2.05, 4.69) is 0 Å². The predicted molar refractivity (Wildman–Crippen MR) is 63.2 cm³/mol. The number of hydrogen-bond donors (Lipinski definition) is 1. The lowest BCUT2D eigenvalue weighted by atomic mass is 9.97. The molecule has 1 aromatic rings. The Hall–Kier alpha value is -1.84. The molecular formula is C13H16O4. The van der Waals surface area contributed by atoms with Gasteiger partial charge in [-0.2, -0.15) is 0 Å². The van der Waals surface area contributed by atoms with Crippen molar-refractivity contribution in [1.82, 2.24) is 0 Å². The summed E-state index contributed by atoms with van der Waals surface area (Å²) in [4.78, 5) is 22.8. The highest BCUT2D eigenvalue weighted by molar-refractivity contribution is 5.97. The predicted octanol–water partition coefficient (Wildman–Crippen LogP) is 2.55. The minimum absolute atomic E-state index is 0.118. The number of phenolic OH excluding ortho intramolecular Hbond substituents is 1. The van der Waals surface area contributed by atoms with Crippen molar-refractivity contribution in [2.45, 2.75) is 27.7 Å². The van der Waals surface area contributed by atoms with E-state index in [0.29, 0.717) is 0 Å². The third-order valence-corrected chi connectivity index (χ3v) is 2.17. The molecule has 0 fully saturated rings. The van der Waals surface area contributed by atoms with Crippen LogP contribution >= 0.6 is 0 Å². The number of carbonyl (C=O) groups is 2. The van der Waals surface area contributed by atoms with Gasteiger partial charge in [-0.3, -0.25) is 9.59 Å². The van der Waals surface area contributed by atoms with E-state index in [-0.39, 0.29) is 22.8 Å². The molecule has 4 heteroatoms. The number of phenols is 1. The van der Waals surface area contributed by atoms with Crippen molar-refractivity contribution in [1.29, 1.82) is 0 Å². The summed E-state index contributed by atoms with van der Waals surface area (Å²) in [7, 11) is 0. The van der Waals surface area contributed by atoms with E-state index in [1.807, 2.05) is 0 Å². The minimum Gasteiger partial charge on any atom is -0.507 e. The van der Waals surface area contributed by atoms with Crippen LogP contribution in [0, 0.1) is 5.41 Å². The first kappa shape index (κ1) is 13.2. The molecule has 0 saturated heterocycles. The second-order valence-corrected chi connectivity index (χ2v) is 4.87. The largest absolute Gasteiger partial charge is 0.507 e. The molecule has 0 heterocycles. The molecule has 92 valence electrons. The number of ether oxygens (including phenoxy) is 1. The molecule has 0 spiro atoms. The highest BCUT2D eigenvalue weighted by atomic mass is 16.5. The average molecular weight is 236 g/mol. The topological polar surface area (TPSA) is 63.6 Å². The summed E-state index contributed by atoms with van der Waals surface area (Å²) in [5.41, 5.74) is -0.474. The smallest absolute Gasteiger partial charge is 0.316 e. The molecular weight excluding hydrogens is 220 g/mol. The minimum atomic E-state index is -0.617. The van der Waals surface area contributed by atoms with Gasteiger partial charge in [0.05, 0.1) is 11.0 Å². The van der Waals surface area contributed by atoms with E-state index in [1.54, 1.807) is 20.8 Å². The monoisotopic (exact) mass is 236 g/mol. The van der Waals surface area contributed by atoms with Gasteiger partial charge < -0.3 is 9.84 Å². The zero-order valence-electron chi connectivity index (χ0n) is 10.4. The summed E-state index contributed by atoms with van der Waals surface area (Å²) in [5.74, 6) is -0.533.